The first kappa shape index (κ1) is 21.2. The molecule has 0 spiro atoms. The minimum Gasteiger partial charge on any atom is -0.459 e. The number of rotatable bonds is 6. The molecule has 1 aromatic rings. The molecule has 8 heteroatoms. The zero-order chi connectivity index (χ0) is 19.9. The zero-order valence-electron chi connectivity index (χ0n) is 17.1. The first-order valence-electron chi connectivity index (χ1n) is 10.6. The highest BCUT2D eigenvalue weighted by Crippen LogP contribution is 2.37. The maximum absolute atomic E-state index is 12.2. The molecule has 0 saturated carbocycles. The van der Waals surface area contributed by atoms with Crippen molar-refractivity contribution in [2.24, 2.45) is 17.6 Å². The van der Waals surface area contributed by atoms with E-state index in [1.807, 2.05) is 17.8 Å². The Morgan fingerprint density at radius 3 is 3.00 bits per heavy atom. The number of nitrogens with two attached hydrogens (primary N) is 1. The normalized spacial score (nSPS) is 31.3. The third kappa shape index (κ3) is 5.30. The number of fused-ring (bicyclic) bond motifs is 8. The minimum absolute atomic E-state index is 0.0184. The second-order valence-corrected chi connectivity index (χ2v) is 8.00. The van der Waals surface area contributed by atoms with Crippen molar-refractivity contribution in [3.05, 3.63) is 11.9 Å². The van der Waals surface area contributed by atoms with Crippen molar-refractivity contribution in [1.29, 1.82) is 0 Å². The van der Waals surface area contributed by atoms with E-state index in [1.54, 1.807) is 0 Å². The van der Waals surface area contributed by atoms with Gasteiger partial charge < -0.3 is 19.9 Å². The van der Waals surface area contributed by atoms with Crippen LogP contribution in [0.25, 0.3) is 0 Å². The molecule has 8 nitrogen and oxygen atoms in total. The van der Waals surface area contributed by atoms with Crippen molar-refractivity contribution in [3.8, 4) is 0 Å². The first-order chi connectivity index (χ1) is 13.6. The van der Waals surface area contributed by atoms with E-state index in [2.05, 4.69) is 17.2 Å². The summed E-state index contributed by atoms with van der Waals surface area (Å²) in [4.78, 5) is 12.2. The molecule has 0 aromatic carbocycles. The van der Waals surface area contributed by atoms with Gasteiger partial charge in [0.1, 0.15) is 12.2 Å². The van der Waals surface area contributed by atoms with Crippen LogP contribution in [0.1, 0.15) is 58.1 Å². The number of hydrogen-bond donors (Lipinski definition) is 1. The molecule has 2 bridgehead atoms. The zero-order valence-corrected chi connectivity index (χ0v) is 17.1. The van der Waals surface area contributed by atoms with Gasteiger partial charge in [-0.15, -0.1) is 5.10 Å². The average molecular weight is 395 g/mol. The molecular formula is C20H34N4O4. The molecule has 5 unspecified atom stereocenters. The summed E-state index contributed by atoms with van der Waals surface area (Å²) in [7, 11) is 0. The quantitative estimate of drug-likeness (QED) is 0.737. The number of carbonyl (C=O) groups is 1. The number of aromatic nitrogens is 3. The van der Waals surface area contributed by atoms with Crippen molar-refractivity contribution in [2.75, 3.05) is 13.2 Å². The molecule has 0 amide bonds. The monoisotopic (exact) mass is 394 g/mol. The van der Waals surface area contributed by atoms with Crippen LogP contribution >= 0.6 is 0 Å². The molecule has 28 heavy (non-hydrogen) atoms. The van der Waals surface area contributed by atoms with Crippen LogP contribution in [0.4, 0.5) is 0 Å². The van der Waals surface area contributed by atoms with Crippen LogP contribution in [0.3, 0.4) is 0 Å². The smallest absolute Gasteiger partial charge is 0.306 e. The van der Waals surface area contributed by atoms with Crippen LogP contribution < -0.4 is 5.73 Å². The van der Waals surface area contributed by atoms with E-state index in [-0.39, 0.29) is 30.2 Å². The first-order valence-corrected chi connectivity index (χ1v) is 10.6. The molecule has 3 aliphatic heterocycles. The Bertz CT molecular complexity index is 621. The number of carbonyl (C=O) groups excluding carboxylic acids is 1. The molecule has 3 fully saturated rings. The lowest BCUT2D eigenvalue weighted by molar-refractivity contribution is -0.211. The maximum Gasteiger partial charge on any atom is 0.306 e. The summed E-state index contributed by atoms with van der Waals surface area (Å²) >= 11 is 0. The van der Waals surface area contributed by atoms with Crippen LogP contribution in [0.15, 0.2) is 6.20 Å². The largest absolute Gasteiger partial charge is 0.459 e. The van der Waals surface area contributed by atoms with Crippen LogP contribution in [0, 0.1) is 11.8 Å². The highest BCUT2D eigenvalue weighted by molar-refractivity contribution is 5.69. The molecule has 3 aliphatic rings. The SMILES string of the molecule is CCCC(=O)OC1C2COCCCCCC(C(Cn3cc(CN)nn3)O2)C1C. The van der Waals surface area contributed by atoms with Crippen LogP contribution in [-0.2, 0) is 32.1 Å². The van der Waals surface area contributed by atoms with E-state index in [1.165, 1.54) is 0 Å². The Morgan fingerprint density at radius 1 is 1.39 bits per heavy atom. The van der Waals surface area contributed by atoms with Gasteiger partial charge in [-0.25, -0.2) is 4.68 Å². The molecule has 0 aliphatic carbocycles. The van der Waals surface area contributed by atoms with E-state index >= 15 is 0 Å². The molecule has 0 radical (unpaired) electrons. The highest BCUT2D eigenvalue weighted by atomic mass is 16.6. The lowest BCUT2D eigenvalue weighted by Gasteiger charge is -2.45. The molecule has 5 atom stereocenters. The van der Waals surface area contributed by atoms with E-state index in [9.17, 15) is 4.79 Å². The van der Waals surface area contributed by atoms with Crippen molar-refractivity contribution in [1.82, 2.24) is 15.0 Å². The summed E-state index contributed by atoms with van der Waals surface area (Å²) in [5.74, 6) is 0.340. The summed E-state index contributed by atoms with van der Waals surface area (Å²) in [6.45, 7) is 6.33. The number of ether oxygens (including phenoxy) is 3. The summed E-state index contributed by atoms with van der Waals surface area (Å²) in [6.07, 6.45) is 6.90. The highest BCUT2D eigenvalue weighted by Gasteiger charge is 2.45. The summed E-state index contributed by atoms with van der Waals surface area (Å²) in [5.41, 5.74) is 6.43. The standard InChI is InChI=1S/C20H34N4O4/c1-3-7-19(25)28-20-14(2)16-8-5-4-6-9-26-13-18(20)27-17(16)12-24-11-15(10-21)22-23-24/h11,14,16-18,20H,3-10,12-13,21H2,1-2H3. The molecule has 4 rings (SSSR count). The summed E-state index contributed by atoms with van der Waals surface area (Å²) < 4.78 is 20.0. The molecule has 4 heterocycles. The number of esters is 1. The third-order valence-corrected chi connectivity index (χ3v) is 5.88. The van der Waals surface area contributed by atoms with Crippen molar-refractivity contribution in [3.63, 3.8) is 0 Å². The Morgan fingerprint density at radius 2 is 2.25 bits per heavy atom. The Balaban J connectivity index is 1.79. The van der Waals surface area contributed by atoms with Gasteiger partial charge in [0, 0.05) is 31.7 Å². The lowest BCUT2D eigenvalue weighted by atomic mass is 9.77. The second-order valence-electron chi connectivity index (χ2n) is 8.00. The molecule has 158 valence electrons. The fraction of sp³-hybridized carbons (Fsp3) is 0.850. The van der Waals surface area contributed by atoms with Crippen LogP contribution in [0.5, 0.6) is 0 Å². The maximum atomic E-state index is 12.2. The van der Waals surface area contributed by atoms with Gasteiger partial charge in [0.05, 0.1) is 24.9 Å². The summed E-state index contributed by atoms with van der Waals surface area (Å²) in [6, 6.07) is 0. The van der Waals surface area contributed by atoms with Crippen LogP contribution in [0.2, 0.25) is 0 Å². The second kappa shape index (κ2) is 10.3. The topological polar surface area (TPSA) is 101 Å². The van der Waals surface area contributed by atoms with E-state index in [0.29, 0.717) is 32.0 Å². The summed E-state index contributed by atoms with van der Waals surface area (Å²) in [5, 5.41) is 8.27. The van der Waals surface area contributed by atoms with Gasteiger partial charge in [0.15, 0.2) is 0 Å². The van der Waals surface area contributed by atoms with Crippen molar-refractivity contribution >= 4 is 5.97 Å². The van der Waals surface area contributed by atoms with Crippen molar-refractivity contribution < 1.29 is 19.0 Å². The van der Waals surface area contributed by atoms with Gasteiger partial charge >= 0.3 is 5.97 Å². The molecular weight excluding hydrogens is 360 g/mol. The Kier molecular flexibility index (Phi) is 7.82. The predicted molar refractivity (Wildman–Crippen MR) is 103 cm³/mol. The van der Waals surface area contributed by atoms with Gasteiger partial charge in [0.25, 0.3) is 0 Å². The number of hydrogen-bond acceptors (Lipinski definition) is 7. The van der Waals surface area contributed by atoms with E-state index < -0.39 is 0 Å². The molecule has 1 aromatic heterocycles. The van der Waals surface area contributed by atoms with E-state index in [4.69, 9.17) is 19.9 Å². The fourth-order valence-electron chi connectivity index (χ4n) is 4.35. The van der Waals surface area contributed by atoms with Crippen molar-refractivity contribution in [2.45, 2.75) is 83.8 Å². The van der Waals surface area contributed by atoms with Gasteiger partial charge in [-0.05, 0) is 25.2 Å². The minimum atomic E-state index is -0.270. The van der Waals surface area contributed by atoms with Gasteiger partial charge in [-0.2, -0.15) is 0 Å². The van der Waals surface area contributed by atoms with Crippen LogP contribution in [-0.4, -0.2) is 52.5 Å². The Hall–Kier alpha value is -1.51. The fourth-order valence-corrected chi connectivity index (χ4v) is 4.35. The predicted octanol–water partition coefficient (Wildman–Crippen LogP) is 2.06. The average Bonchev–Trinajstić information content (AvgIpc) is 3.10. The van der Waals surface area contributed by atoms with Gasteiger partial charge in [0.2, 0.25) is 0 Å². The molecule has 2 N–H and O–H groups in total. The van der Waals surface area contributed by atoms with E-state index in [0.717, 1.165) is 44.4 Å². The van der Waals surface area contributed by atoms with Gasteiger partial charge in [-0.3, -0.25) is 4.79 Å². The lowest BCUT2D eigenvalue weighted by Crippen LogP contribution is -2.54. The number of nitrogens with zero attached hydrogens (tertiary/aromatic N) is 3. The third-order valence-electron chi connectivity index (χ3n) is 5.88. The Labute approximate surface area is 167 Å². The van der Waals surface area contributed by atoms with Gasteiger partial charge in [-0.1, -0.05) is 31.9 Å². The molecule has 3 saturated heterocycles.